The Hall–Kier alpha value is -7.36. The van der Waals surface area contributed by atoms with Crippen LogP contribution in [0.1, 0.15) is 169 Å². The zero-order valence-corrected chi connectivity index (χ0v) is 64.5. The Labute approximate surface area is 631 Å². The summed E-state index contributed by atoms with van der Waals surface area (Å²) in [7, 11) is 8.67. The summed E-state index contributed by atoms with van der Waals surface area (Å²) in [5.41, 5.74) is -1.75. The van der Waals surface area contributed by atoms with Crippen LogP contribution in [-0.4, -0.2) is 295 Å². The number of nitrogens with one attached hydrogen (secondary N) is 3. The molecule has 7 aliphatic rings. The van der Waals surface area contributed by atoms with Crippen LogP contribution in [0.2, 0.25) is 0 Å². The molecule has 2 saturated heterocycles. The van der Waals surface area contributed by atoms with Crippen molar-refractivity contribution in [1.82, 2.24) is 60.0 Å². The number of rotatable bonds is 14. The van der Waals surface area contributed by atoms with Gasteiger partial charge >= 0.3 is 12.4 Å². The van der Waals surface area contributed by atoms with Crippen molar-refractivity contribution in [3.8, 4) is 0 Å². The molecule has 1 spiro atoms. The van der Waals surface area contributed by atoms with E-state index in [1.54, 1.807) is 39.8 Å². The van der Waals surface area contributed by atoms with Crippen molar-refractivity contribution >= 4 is 70.9 Å². The number of alkyl halides is 10. The van der Waals surface area contributed by atoms with Crippen LogP contribution in [-0.2, 0) is 62.3 Å². The monoisotopic (exact) mass is 1570 g/mol. The maximum atomic E-state index is 15.5. The van der Waals surface area contributed by atoms with Crippen molar-refractivity contribution in [2.24, 2.45) is 35.5 Å². The molecule has 3 heterocycles. The first-order chi connectivity index (χ1) is 51.1. The predicted molar refractivity (Wildman–Crippen MR) is 377 cm³/mol. The van der Waals surface area contributed by atoms with E-state index in [1.165, 1.54) is 57.0 Å². The third kappa shape index (κ3) is 21.7. The fourth-order valence-corrected chi connectivity index (χ4v) is 16.8. The minimum Gasteiger partial charge on any atom is -0.377 e. The molecule has 4 aliphatic carbocycles. The summed E-state index contributed by atoms with van der Waals surface area (Å²) in [5.74, 6) is -18.8. The number of halogens is 10. The maximum Gasteiger partial charge on any atom is 0.397 e. The summed E-state index contributed by atoms with van der Waals surface area (Å²) in [4.78, 5) is 190. The molecule has 0 radical (unpaired) electrons. The zero-order chi connectivity index (χ0) is 81.1. The number of hydrogen-bond acceptors (Lipinski definition) is 13. The number of hydrogen-bond donors (Lipinski definition) is 3. The standard InChI is InChI=1S/C74H112F10N12O13/c1-12-42(4)61-69(106)90(7)41-59(99)91(8)51-23-16-15-19-32-95(68(51)105)55(35-43-24-27-46(28-25-43)73(79,80)81)67(104)89(6)40-57(97)85-50(29-26-44-33-48(75)60(49(76)34-44)74(82,83)84)65(102)96-39-47(109-14-3)36-53(96)64(101)87-72(30-20-31-72)71(108)94(11)62(45-21-17-18-22-45)70(107)93(10)54(66(103)88(5)13-2)38-58(98)92(9)52(37-56(77)78)63(100)86-61/h15-16,42-56,60-62H,12-14,17-41H2,1-11H3,(H,85,97)(H,86,100)(H,87,101)/b16-15-/t42-,43?,44?,46?,47+,48?,49?,50-,51?,52-,53-,54-,55-,60?,61-,62-/m0/s1. The minimum atomic E-state index is -5.23. The van der Waals surface area contributed by atoms with E-state index in [-0.39, 0.29) is 103 Å². The predicted octanol–water partition coefficient (Wildman–Crippen LogP) is 6.35. The third-order valence-corrected chi connectivity index (χ3v) is 24.0. The van der Waals surface area contributed by atoms with Crippen molar-refractivity contribution < 1.29 is 106 Å². The van der Waals surface area contributed by atoms with E-state index < -0.39 is 243 Å². The number of likely N-dealkylation sites (N-methyl/N-ethyl adjacent to an activating group) is 7. The fraction of sp³-hybridized carbons (Fsp3) is 0.811. The average Bonchev–Trinajstić information content (AvgIpc) is 1.69. The van der Waals surface area contributed by atoms with Crippen molar-refractivity contribution in [2.45, 2.75) is 260 Å². The van der Waals surface area contributed by atoms with Crippen LogP contribution < -0.4 is 16.0 Å². The highest BCUT2D eigenvalue weighted by molar-refractivity contribution is 6.01. The molecule has 616 valence electrons. The van der Waals surface area contributed by atoms with Gasteiger partial charge in [0, 0.05) is 88.4 Å². The summed E-state index contributed by atoms with van der Waals surface area (Å²) in [6.45, 7) is 4.35. The van der Waals surface area contributed by atoms with Crippen LogP contribution in [0.3, 0.4) is 0 Å². The van der Waals surface area contributed by atoms with Crippen molar-refractivity contribution in [2.75, 3.05) is 88.7 Å². The van der Waals surface area contributed by atoms with Gasteiger partial charge in [0.1, 0.15) is 72.1 Å². The second kappa shape index (κ2) is 38.2. The Bertz CT molecular complexity index is 3250. The van der Waals surface area contributed by atoms with Gasteiger partial charge in [0.25, 0.3) is 0 Å². The van der Waals surface area contributed by atoms with Crippen molar-refractivity contribution in [1.29, 1.82) is 0 Å². The van der Waals surface area contributed by atoms with E-state index in [1.807, 2.05) is 0 Å². The van der Waals surface area contributed by atoms with Gasteiger partial charge in [-0.15, -0.1) is 0 Å². The largest absolute Gasteiger partial charge is 0.397 e. The van der Waals surface area contributed by atoms with E-state index in [2.05, 4.69) is 16.0 Å². The van der Waals surface area contributed by atoms with Gasteiger partial charge < -0.3 is 64.8 Å². The molecule has 12 atom stereocenters. The van der Waals surface area contributed by atoms with Gasteiger partial charge in [-0.3, -0.25) is 57.5 Å². The second-order valence-electron chi connectivity index (χ2n) is 31.3. The Morgan fingerprint density at radius 3 is 1.83 bits per heavy atom. The van der Waals surface area contributed by atoms with Gasteiger partial charge in [-0.05, 0) is 140 Å². The van der Waals surface area contributed by atoms with E-state index >= 15 is 37.5 Å². The molecule has 0 aromatic rings. The molecule has 25 nitrogen and oxygen atoms in total. The van der Waals surface area contributed by atoms with E-state index in [9.17, 15) is 63.9 Å². The average molecular weight is 1570 g/mol. The second-order valence-corrected chi connectivity index (χ2v) is 31.3. The lowest BCUT2D eigenvalue weighted by Crippen LogP contribution is -2.68. The molecule has 0 aromatic heterocycles. The molecule has 3 aliphatic heterocycles. The highest BCUT2D eigenvalue weighted by atomic mass is 19.4. The number of carbonyl (C=O) groups excluding carboxylic acids is 12. The summed E-state index contributed by atoms with van der Waals surface area (Å²) in [6.07, 6.45) is -19.2. The smallest absolute Gasteiger partial charge is 0.377 e. The highest BCUT2D eigenvalue weighted by Gasteiger charge is 2.56. The van der Waals surface area contributed by atoms with Gasteiger partial charge in [0.05, 0.1) is 31.5 Å². The number of nitrogens with zero attached hydrogens (tertiary/aromatic N) is 9. The molecule has 0 aromatic carbocycles. The molecule has 35 heteroatoms. The van der Waals surface area contributed by atoms with Gasteiger partial charge in [0.15, 0.2) is 0 Å². The lowest BCUT2D eigenvalue weighted by molar-refractivity contribution is -0.219. The molecule has 2 bridgehead atoms. The number of amides is 12. The molecule has 3 N–H and O–H groups in total. The molecular formula is C74H112F10N12O13. The molecule has 109 heavy (non-hydrogen) atoms. The summed E-state index contributed by atoms with van der Waals surface area (Å²) in [5, 5.41) is 8.01. The number of fused-ring (bicyclic) bond motifs is 3. The summed E-state index contributed by atoms with van der Waals surface area (Å²) in [6, 6.07) is -12.9. The van der Waals surface area contributed by atoms with E-state index in [0.717, 1.165) is 31.5 Å². The minimum absolute atomic E-state index is 0.00536. The number of carbonyl (C=O) groups is 12. The van der Waals surface area contributed by atoms with Crippen LogP contribution in [0.15, 0.2) is 12.2 Å². The third-order valence-electron chi connectivity index (χ3n) is 24.0. The van der Waals surface area contributed by atoms with Gasteiger partial charge in [-0.25, -0.2) is 17.6 Å². The first-order valence-corrected chi connectivity index (χ1v) is 38.4. The molecule has 4 saturated carbocycles. The van der Waals surface area contributed by atoms with Gasteiger partial charge in [0.2, 0.25) is 77.3 Å². The van der Waals surface area contributed by atoms with Gasteiger partial charge in [-0.2, -0.15) is 26.3 Å². The molecule has 6 fully saturated rings. The molecule has 12 amide bonds. The maximum absolute atomic E-state index is 15.5. The van der Waals surface area contributed by atoms with Crippen LogP contribution in [0.25, 0.3) is 0 Å². The van der Waals surface area contributed by atoms with Crippen LogP contribution in [0.5, 0.6) is 0 Å². The van der Waals surface area contributed by atoms with Crippen LogP contribution in [0, 0.1) is 35.5 Å². The highest BCUT2D eigenvalue weighted by Crippen LogP contribution is 2.46. The van der Waals surface area contributed by atoms with Crippen LogP contribution >= 0.6 is 0 Å². The Balaban J connectivity index is 1.33. The SMILES string of the molecule is CCO[C@@H]1C[C@H]2C(=O)NC3(CCC3)C(=O)N(C)[C@@H](C3CCCC3)C(=O)N(C)[C@H](C(=O)N(C)CC)CC(=O)N(C)[C@@H](CC(F)F)C(=O)N[C@@H]([C@@H](C)CC)C(=O)N(C)CC(=O)N(C)C3C/C=C\CCN(C3=O)[C@@H](CC3CCC(C(F)(F)F)CC3)C(=O)N(C)CC(=O)N[C@@H](CCC3CC(F)C(C(F)(F)F)C(F)C3)C(=O)N2C1. The van der Waals surface area contributed by atoms with E-state index in [0.29, 0.717) is 37.0 Å². The topological polar surface area (TPSA) is 279 Å². The Morgan fingerprint density at radius 2 is 1.28 bits per heavy atom. The lowest BCUT2D eigenvalue weighted by Gasteiger charge is -2.46. The normalized spacial score (nSPS) is 31.8. The Kier molecular flexibility index (Phi) is 31.2. The molecular weight excluding hydrogens is 1450 g/mol. The summed E-state index contributed by atoms with van der Waals surface area (Å²) >= 11 is 0. The summed E-state index contributed by atoms with van der Waals surface area (Å²) < 4.78 is 151. The van der Waals surface area contributed by atoms with Crippen LogP contribution in [0.4, 0.5) is 43.9 Å². The van der Waals surface area contributed by atoms with Gasteiger partial charge in [-0.1, -0.05) is 45.3 Å². The number of ether oxygens (including phenoxy) is 1. The van der Waals surface area contributed by atoms with E-state index in [4.69, 9.17) is 4.74 Å². The lowest BCUT2D eigenvalue weighted by atomic mass is 9.74. The Morgan fingerprint density at radius 1 is 0.651 bits per heavy atom. The zero-order valence-electron chi connectivity index (χ0n) is 64.5. The van der Waals surface area contributed by atoms with Crippen molar-refractivity contribution in [3.05, 3.63) is 12.2 Å². The quantitative estimate of drug-likeness (QED) is 0.126. The fourth-order valence-electron chi connectivity index (χ4n) is 16.8. The first-order valence-electron chi connectivity index (χ1n) is 38.4. The van der Waals surface area contributed by atoms with Crippen molar-refractivity contribution in [3.63, 3.8) is 0 Å². The molecule has 3 unspecified atom stereocenters. The first kappa shape index (κ1) is 88.9. The molecule has 7 rings (SSSR count).